The Balaban J connectivity index is 1.53. The second-order valence-corrected chi connectivity index (χ2v) is 7.57. The molecule has 0 spiro atoms. The molecule has 3 rings (SSSR count). The van der Waals surface area contributed by atoms with Crippen molar-refractivity contribution < 1.29 is 9.53 Å². The number of amides is 1. The van der Waals surface area contributed by atoms with Crippen molar-refractivity contribution in [3.63, 3.8) is 0 Å². The van der Waals surface area contributed by atoms with Crippen LogP contribution in [0, 0.1) is 0 Å². The van der Waals surface area contributed by atoms with E-state index in [4.69, 9.17) is 16.3 Å². The molecule has 0 unspecified atom stereocenters. The van der Waals surface area contributed by atoms with Gasteiger partial charge in [-0.25, -0.2) is 0 Å². The molecule has 0 aromatic heterocycles. The van der Waals surface area contributed by atoms with E-state index >= 15 is 0 Å². The van der Waals surface area contributed by atoms with Gasteiger partial charge in [-0.2, -0.15) is 0 Å². The Bertz CT molecular complexity index is 804. The van der Waals surface area contributed by atoms with Gasteiger partial charge in [-0.1, -0.05) is 35.9 Å². The Morgan fingerprint density at radius 2 is 1.89 bits per heavy atom. The second-order valence-electron chi connectivity index (χ2n) is 7.16. The fourth-order valence-corrected chi connectivity index (χ4v) is 3.70. The Morgan fingerprint density at radius 1 is 1.14 bits per heavy atom. The summed E-state index contributed by atoms with van der Waals surface area (Å²) in [7, 11) is 3.74. The van der Waals surface area contributed by atoms with Gasteiger partial charge in [0.1, 0.15) is 5.75 Å². The normalized spacial score (nSPS) is 14.8. The number of nitrogens with one attached hydrogen (secondary N) is 1. The summed E-state index contributed by atoms with van der Waals surface area (Å²) in [5.41, 5.74) is 3.41. The molecule has 150 valence electrons. The number of anilines is 1. The van der Waals surface area contributed by atoms with Gasteiger partial charge >= 0.3 is 0 Å². The van der Waals surface area contributed by atoms with Gasteiger partial charge in [0.2, 0.25) is 5.91 Å². The zero-order chi connectivity index (χ0) is 19.9. The van der Waals surface area contributed by atoms with E-state index < -0.39 is 0 Å². The predicted octanol–water partition coefficient (Wildman–Crippen LogP) is 3.35. The minimum atomic E-state index is 0.0418. The Hall–Kier alpha value is -2.24. The molecule has 1 N–H and O–H groups in total. The van der Waals surface area contributed by atoms with Gasteiger partial charge in [0.25, 0.3) is 0 Å². The molecule has 5 nitrogen and oxygen atoms in total. The monoisotopic (exact) mass is 401 g/mol. The number of carbonyl (C=O) groups is 1. The molecule has 0 bridgehead atoms. The van der Waals surface area contributed by atoms with Crippen molar-refractivity contribution in [2.24, 2.45) is 0 Å². The van der Waals surface area contributed by atoms with Crippen LogP contribution in [0.1, 0.15) is 17.5 Å². The van der Waals surface area contributed by atoms with Crippen molar-refractivity contribution in [1.82, 2.24) is 10.2 Å². The van der Waals surface area contributed by atoms with Crippen molar-refractivity contribution >= 4 is 23.2 Å². The van der Waals surface area contributed by atoms with E-state index in [-0.39, 0.29) is 5.91 Å². The van der Waals surface area contributed by atoms with Crippen LogP contribution in [0.5, 0.6) is 5.75 Å². The third-order valence-electron chi connectivity index (χ3n) is 5.17. The fourth-order valence-electron chi connectivity index (χ4n) is 3.42. The Labute approximate surface area is 172 Å². The summed E-state index contributed by atoms with van der Waals surface area (Å²) >= 11 is 6.15. The Morgan fingerprint density at radius 3 is 2.61 bits per heavy atom. The predicted molar refractivity (Wildman–Crippen MR) is 114 cm³/mol. The molecule has 0 radical (unpaired) electrons. The van der Waals surface area contributed by atoms with Crippen LogP contribution in [0.3, 0.4) is 0 Å². The van der Waals surface area contributed by atoms with Crippen LogP contribution < -0.4 is 15.0 Å². The highest BCUT2D eigenvalue weighted by atomic mass is 35.5. The molecule has 2 aromatic carbocycles. The number of nitrogens with zero attached hydrogens (tertiary/aromatic N) is 2. The van der Waals surface area contributed by atoms with Crippen LogP contribution in [0.2, 0.25) is 5.02 Å². The number of rotatable bonds is 7. The maximum atomic E-state index is 12.3. The highest BCUT2D eigenvalue weighted by Gasteiger charge is 2.17. The van der Waals surface area contributed by atoms with Crippen LogP contribution in [0.25, 0.3) is 0 Å². The van der Waals surface area contributed by atoms with Gasteiger partial charge in [0.05, 0.1) is 12.1 Å². The smallest absolute Gasteiger partial charge is 0.220 e. The molecule has 0 atom stereocenters. The minimum absolute atomic E-state index is 0.0418. The van der Waals surface area contributed by atoms with Gasteiger partial charge in [0.15, 0.2) is 0 Å². The highest BCUT2D eigenvalue weighted by molar-refractivity contribution is 6.32. The summed E-state index contributed by atoms with van der Waals surface area (Å²) in [5, 5.41) is 3.63. The molecule has 1 aliphatic heterocycles. The molecule has 1 heterocycles. The molecule has 2 aromatic rings. The fraction of sp³-hybridized carbons (Fsp3) is 0.409. The maximum absolute atomic E-state index is 12.3. The van der Waals surface area contributed by atoms with E-state index in [1.54, 1.807) is 7.11 Å². The lowest BCUT2D eigenvalue weighted by Gasteiger charge is -2.35. The zero-order valence-corrected chi connectivity index (χ0v) is 17.3. The van der Waals surface area contributed by atoms with Gasteiger partial charge in [-0.3, -0.25) is 4.79 Å². The molecule has 0 aliphatic carbocycles. The number of aryl methyl sites for hydroxylation is 1. The number of para-hydroxylation sites is 1. The molecule has 28 heavy (non-hydrogen) atoms. The van der Waals surface area contributed by atoms with Crippen molar-refractivity contribution in [2.75, 3.05) is 45.2 Å². The first-order valence-corrected chi connectivity index (χ1v) is 10.0. The van der Waals surface area contributed by atoms with Crippen molar-refractivity contribution in [1.29, 1.82) is 0 Å². The van der Waals surface area contributed by atoms with E-state index in [0.717, 1.165) is 37.3 Å². The van der Waals surface area contributed by atoms with Gasteiger partial charge < -0.3 is 19.9 Å². The highest BCUT2D eigenvalue weighted by Crippen LogP contribution is 2.25. The SMILES string of the molecule is COc1ccc(CCC(=O)NCc2ccccc2N2CCN(C)CC2)cc1Cl. The van der Waals surface area contributed by atoms with E-state index in [9.17, 15) is 4.79 Å². The lowest BCUT2D eigenvalue weighted by molar-refractivity contribution is -0.121. The van der Waals surface area contributed by atoms with Gasteiger partial charge in [0, 0.05) is 44.8 Å². The summed E-state index contributed by atoms with van der Waals surface area (Å²) in [6, 6.07) is 14.0. The summed E-state index contributed by atoms with van der Waals surface area (Å²) < 4.78 is 5.16. The number of carbonyl (C=O) groups excluding carboxylic acids is 1. The lowest BCUT2D eigenvalue weighted by Crippen LogP contribution is -2.45. The number of benzene rings is 2. The number of halogens is 1. The average Bonchev–Trinajstić information content (AvgIpc) is 2.71. The van der Waals surface area contributed by atoms with Crippen LogP contribution in [-0.4, -0.2) is 51.1 Å². The van der Waals surface area contributed by atoms with E-state index in [1.165, 1.54) is 5.69 Å². The van der Waals surface area contributed by atoms with Crippen LogP contribution >= 0.6 is 11.6 Å². The number of methoxy groups -OCH3 is 1. The summed E-state index contributed by atoms with van der Waals surface area (Å²) in [4.78, 5) is 17.1. The first kappa shape index (κ1) is 20.5. The van der Waals surface area contributed by atoms with Crippen molar-refractivity contribution in [3.05, 3.63) is 58.6 Å². The van der Waals surface area contributed by atoms with Crippen molar-refractivity contribution in [2.45, 2.75) is 19.4 Å². The molecule has 1 fully saturated rings. The molecule has 6 heteroatoms. The molecule has 1 aliphatic rings. The van der Waals surface area contributed by atoms with Crippen LogP contribution in [0.4, 0.5) is 5.69 Å². The van der Waals surface area contributed by atoms with Gasteiger partial charge in [-0.05, 0) is 42.8 Å². The third-order valence-corrected chi connectivity index (χ3v) is 5.46. The lowest BCUT2D eigenvalue weighted by atomic mass is 10.1. The molecule has 1 saturated heterocycles. The number of ether oxygens (including phenoxy) is 1. The van der Waals surface area contributed by atoms with Crippen LogP contribution in [0.15, 0.2) is 42.5 Å². The molecule has 1 amide bonds. The zero-order valence-electron chi connectivity index (χ0n) is 16.6. The quantitative estimate of drug-likeness (QED) is 0.772. The first-order valence-electron chi connectivity index (χ1n) is 9.67. The summed E-state index contributed by atoms with van der Waals surface area (Å²) in [6.45, 7) is 4.69. The minimum Gasteiger partial charge on any atom is -0.495 e. The number of hydrogen-bond donors (Lipinski definition) is 1. The maximum Gasteiger partial charge on any atom is 0.220 e. The number of piperazine rings is 1. The number of hydrogen-bond acceptors (Lipinski definition) is 4. The number of likely N-dealkylation sites (N-methyl/N-ethyl adjacent to an activating group) is 1. The average molecular weight is 402 g/mol. The molecular weight excluding hydrogens is 374 g/mol. The van der Waals surface area contributed by atoms with Gasteiger partial charge in [-0.15, -0.1) is 0 Å². The van der Waals surface area contributed by atoms with E-state index in [2.05, 4.69) is 40.4 Å². The topological polar surface area (TPSA) is 44.8 Å². The first-order chi connectivity index (χ1) is 13.6. The van der Waals surface area contributed by atoms with Crippen LogP contribution in [-0.2, 0) is 17.8 Å². The molecule has 0 saturated carbocycles. The van der Waals surface area contributed by atoms with Crippen molar-refractivity contribution in [3.8, 4) is 5.75 Å². The largest absolute Gasteiger partial charge is 0.495 e. The molecular formula is C22H28ClN3O2. The second kappa shape index (κ2) is 9.80. The standard InChI is InChI=1S/C22H28ClN3O2/c1-25-11-13-26(14-12-25)20-6-4-3-5-18(20)16-24-22(27)10-8-17-7-9-21(28-2)19(23)15-17/h3-7,9,15H,8,10-14,16H2,1-2H3,(H,24,27). The van der Waals surface area contributed by atoms with E-state index in [1.807, 2.05) is 24.3 Å². The third kappa shape index (κ3) is 5.40. The summed E-state index contributed by atoms with van der Waals surface area (Å²) in [6.07, 6.45) is 1.08. The summed E-state index contributed by atoms with van der Waals surface area (Å²) in [5.74, 6) is 0.690. The Kier molecular flexibility index (Phi) is 7.18. The van der Waals surface area contributed by atoms with E-state index in [0.29, 0.717) is 30.2 Å².